The standard InChI is InChI=1S/C11H25NO2/c1-10(2)14-7-5-4-6-12-8-11(3)9-13/h10-13H,4-9H2,1-3H3. The molecule has 0 radical (unpaired) electrons. The first kappa shape index (κ1) is 13.9. The van der Waals surface area contributed by atoms with Gasteiger partial charge in [-0.1, -0.05) is 6.92 Å². The Morgan fingerprint density at radius 1 is 1.21 bits per heavy atom. The molecule has 0 saturated heterocycles. The highest BCUT2D eigenvalue weighted by Crippen LogP contribution is 1.94. The molecular weight excluding hydrogens is 178 g/mol. The molecule has 0 aliphatic rings. The van der Waals surface area contributed by atoms with Crippen molar-refractivity contribution in [1.82, 2.24) is 5.32 Å². The highest BCUT2D eigenvalue weighted by molar-refractivity contribution is 4.55. The van der Waals surface area contributed by atoms with Gasteiger partial charge in [0.05, 0.1) is 6.10 Å². The minimum absolute atomic E-state index is 0.267. The first-order valence-corrected chi connectivity index (χ1v) is 5.60. The van der Waals surface area contributed by atoms with E-state index in [1.54, 1.807) is 0 Å². The van der Waals surface area contributed by atoms with E-state index < -0.39 is 0 Å². The van der Waals surface area contributed by atoms with Gasteiger partial charge in [-0.2, -0.15) is 0 Å². The molecule has 0 aliphatic heterocycles. The summed E-state index contributed by atoms with van der Waals surface area (Å²) in [6, 6.07) is 0. The van der Waals surface area contributed by atoms with Crippen LogP contribution in [-0.4, -0.2) is 37.5 Å². The van der Waals surface area contributed by atoms with Crippen molar-refractivity contribution in [2.24, 2.45) is 5.92 Å². The summed E-state index contributed by atoms with van der Waals surface area (Å²) in [6.45, 7) is 9.20. The third-order valence-electron chi connectivity index (χ3n) is 2.00. The van der Waals surface area contributed by atoms with Crippen molar-refractivity contribution in [1.29, 1.82) is 0 Å². The molecular formula is C11H25NO2. The minimum atomic E-state index is 0.267. The van der Waals surface area contributed by atoms with Crippen molar-refractivity contribution in [3.63, 3.8) is 0 Å². The van der Waals surface area contributed by atoms with Gasteiger partial charge in [0.2, 0.25) is 0 Å². The van der Waals surface area contributed by atoms with Gasteiger partial charge in [0, 0.05) is 13.2 Å². The highest BCUT2D eigenvalue weighted by Gasteiger charge is 1.98. The van der Waals surface area contributed by atoms with Crippen molar-refractivity contribution < 1.29 is 9.84 Å². The van der Waals surface area contributed by atoms with Gasteiger partial charge in [-0.25, -0.2) is 0 Å². The van der Waals surface area contributed by atoms with Gasteiger partial charge < -0.3 is 15.2 Å². The summed E-state index contributed by atoms with van der Waals surface area (Å²) in [5, 5.41) is 12.1. The average molecular weight is 203 g/mol. The molecule has 0 aliphatic carbocycles. The molecule has 0 heterocycles. The van der Waals surface area contributed by atoms with Gasteiger partial charge in [-0.05, 0) is 45.7 Å². The number of hydrogen-bond donors (Lipinski definition) is 2. The smallest absolute Gasteiger partial charge is 0.0518 e. The number of aliphatic hydroxyl groups excluding tert-OH is 1. The van der Waals surface area contributed by atoms with Crippen LogP contribution < -0.4 is 5.32 Å². The maximum atomic E-state index is 8.78. The Morgan fingerprint density at radius 3 is 2.50 bits per heavy atom. The first-order valence-electron chi connectivity index (χ1n) is 5.60. The Hall–Kier alpha value is -0.120. The lowest BCUT2D eigenvalue weighted by molar-refractivity contribution is 0.0760. The van der Waals surface area contributed by atoms with Crippen molar-refractivity contribution >= 4 is 0 Å². The fraction of sp³-hybridized carbons (Fsp3) is 1.00. The van der Waals surface area contributed by atoms with Gasteiger partial charge in [0.1, 0.15) is 0 Å². The number of aliphatic hydroxyl groups is 1. The molecule has 0 bridgehead atoms. The fourth-order valence-corrected chi connectivity index (χ4v) is 1.08. The Bertz CT molecular complexity index is 118. The average Bonchev–Trinajstić information content (AvgIpc) is 2.15. The second kappa shape index (κ2) is 9.44. The van der Waals surface area contributed by atoms with E-state index in [-0.39, 0.29) is 6.61 Å². The van der Waals surface area contributed by atoms with Gasteiger partial charge in [-0.3, -0.25) is 0 Å². The van der Waals surface area contributed by atoms with Crippen LogP contribution in [0.3, 0.4) is 0 Å². The summed E-state index contributed by atoms with van der Waals surface area (Å²) < 4.78 is 5.42. The summed E-state index contributed by atoms with van der Waals surface area (Å²) in [7, 11) is 0. The van der Waals surface area contributed by atoms with E-state index >= 15 is 0 Å². The molecule has 1 atom stereocenters. The molecule has 3 heteroatoms. The van der Waals surface area contributed by atoms with Crippen LogP contribution in [0.5, 0.6) is 0 Å². The van der Waals surface area contributed by atoms with E-state index in [1.165, 1.54) is 0 Å². The molecule has 0 aromatic rings. The summed E-state index contributed by atoms with van der Waals surface area (Å²) in [5.74, 6) is 0.363. The molecule has 2 N–H and O–H groups in total. The summed E-state index contributed by atoms with van der Waals surface area (Å²) in [4.78, 5) is 0. The minimum Gasteiger partial charge on any atom is -0.396 e. The third-order valence-corrected chi connectivity index (χ3v) is 2.00. The molecule has 0 fully saturated rings. The Labute approximate surface area is 87.8 Å². The lowest BCUT2D eigenvalue weighted by atomic mass is 10.2. The van der Waals surface area contributed by atoms with Crippen molar-refractivity contribution in [3.05, 3.63) is 0 Å². The molecule has 1 unspecified atom stereocenters. The molecule has 0 rings (SSSR count). The number of rotatable bonds is 9. The Morgan fingerprint density at radius 2 is 1.93 bits per heavy atom. The van der Waals surface area contributed by atoms with Gasteiger partial charge in [0.25, 0.3) is 0 Å². The fourth-order valence-electron chi connectivity index (χ4n) is 1.08. The zero-order valence-electron chi connectivity index (χ0n) is 9.75. The summed E-state index contributed by atoms with van der Waals surface area (Å²) in [6.07, 6.45) is 2.60. The SMILES string of the molecule is CC(CO)CNCCCCOC(C)C. The molecule has 86 valence electrons. The third kappa shape index (κ3) is 9.96. The van der Waals surface area contributed by atoms with Crippen LogP contribution in [0.1, 0.15) is 33.6 Å². The second-order valence-corrected chi connectivity index (χ2v) is 4.12. The van der Waals surface area contributed by atoms with Gasteiger partial charge in [0.15, 0.2) is 0 Å². The predicted molar refractivity (Wildman–Crippen MR) is 59.4 cm³/mol. The van der Waals surface area contributed by atoms with Crippen molar-refractivity contribution in [2.75, 3.05) is 26.3 Å². The zero-order valence-corrected chi connectivity index (χ0v) is 9.75. The van der Waals surface area contributed by atoms with E-state index in [9.17, 15) is 0 Å². The Balaban J connectivity index is 2.99. The van der Waals surface area contributed by atoms with E-state index in [0.29, 0.717) is 12.0 Å². The molecule has 0 aromatic carbocycles. The lowest BCUT2D eigenvalue weighted by Crippen LogP contribution is -2.24. The molecule has 0 amide bonds. The topological polar surface area (TPSA) is 41.5 Å². The molecule has 0 saturated carbocycles. The van der Waals surface area contributed by atoms with Crippen LogP contribution in [0.25, 0.3) is 0 Å². The van der Waals surface area contributed by atoms with E-state index in [4.69, 9.17) is 9.84 Å². The van der Waals surface area contributed by atoms with Crippen LogP contribution in [0.15, 0.2) is 0 Å². The monoisotopic (exact) mass is 203 g/mol. The number of ether oxygens (including phenoxy) is 1. The molecule has 3 nitrogen and oxygen atoms in total. The van der Waals surface area contributed by atoms with E-state index in [2.05, 4.69) is 19.2 Å². The number of nitrogens with one attached hydrogen (secondary N) is 1. The van der Waals surface area contributed by atoms with Crippen molar-refractivity contribution in [3.8, 4) is 0 Å². The molecule has 14 heavy (non-hydrogen) atoms. The summed E-state index contributed by atoms with van der Waals surface area (Å²) >= 11 is 0. The number of hydrogen-bond acceptors (Lipinski definition) is 3. The van der Waals surface area contributed by atoms with Gasteiger partial charge in [-0.15, -0.1) is 0 Å². The summed E-state index contributed by atoms with van der Waals surface area (Å²) in [5.41, 5.74) is 0. The molecule has 0 aromatic heterocycles. The lowest BCUT2D eigenvalue weighted by Gasteiger charge is -2.10. The van der Waals surface area contributed by atoms with Crippen LogP contribution >= 0.6 is 0 Å². The van der Waals surface area contributed by atoms with Crippen LogP contribution in [0.2, 0.25) is 0 Å². The first-order chi connectivity index (χ1) is 6.66. The van der Waals surface area contributed by atoms with E-state index in [1.807, 2.05) is 6.92 Å². The van der Waals surface area contributed by atoms with Crippen LogP contribution in [0.4, 0.5) is 0 Å². The second-order valence-electron chi connectivity index (χ2n) is 4.12. The number of unbranched alkanes of at least 4 members (excludes halogenated alkanes) is 1. The zero-order chi connectivity index (χ0) is 10.8. The molecule has 0 spiro atoms. The normalized spacial score (nSPS) is 13.5. The van der Waals surface area contributed by atoms with Crippen molar-refractivity contribution in [2.45, 2.75) is 39.7 Å². The largest absolute Gasteiger partial charge is 0.396 e. The maximum Gasteiger partial charge on any atom is 0.0518 e. The van der Waals surface area contributed by atoms with Crippen LogP contribution in [0, 0.1) is 5.92 Å². The Kier molecular flexibility index (Phi) is 9.35. The van der Waals surface area contributed by atoms with Gasteiger partial charge >= 0.3 is 0 Å². The highest BCUT2D eigenvalue weighted by atomic mass is 16.5. The predicted octanol–water partition coefficient (Wildman–Crippen LogP) is 1.41. The quantitative estimate of drug-likeness (QED) is 0.557. The van der Waals surface area contributed by atoms with E-state index in [0.717, 1.165) is 32.5 Å². The van der Waals surface area contributed by atoms with Crippen LogP contribution in [-0.2, 0) is 4.74 Å². The maximum absolute atomic E-state index is 8.78.